The van der Waals surface area contributed by atoms with Gasteiger partial charge in [0.2, 0.25) is 0 Å². The van der Waals surface area contributed by atoms with Crippen LogP contribution in [0.3, 0.4) is 0 Å². The van der Waals surface area contributed by atoms with E-state index in [0.29, 0.717) is 12.8 Å². The van der Waals surface area contributed by atoms with Crippen molar-refractivity contribution in [3.05, 3.63) is 0 Å². The average Bonchev–Trinajstić information content (AvgIpc) is 2.42. The molecule has 2 unspecified atom stereocenters. The molecule has 0 heterocycles. The molecule has 2 N–H and O–H groups in total. The normalized spacial score (nSPS) is 27.2. The lowest BCUT2D eigenvalue weighted by Crippen LogP contribution is -2.53. The number of methoxy groups -OCH3 is 1. The van der Waals surface area contributed by atoms with Crippen LogP contribution in [0, 0.1) is 0 Å². The van der Waals surface area contributed by atoms with Gasteiger partial charge in [-0.25, -0.2) is 0 Å². The molecule has 0 aromatic carbocycles. The van der Waals surface area contributed by atoms with Crippen molar-refractivity contribution >= 4 is 5.97 Å². The highest BCUT2D eigenvalue weighted by Gasteiger charge is 2.40. The second kappa shape index (κ2) is 8.54. The summed E-state index contributed by atoms with van der Waals surface area (Å²) >= 11 is 0. The molecule has 1 aliphatic rings. The highest BCUT2D eigenvalue weighted by molar-refractivity contribution is 5.80. The van der Waals surface area contributed by atoms with E-state index in [9.17, 15) is 4.79 Å². The quantitative estimate of drug-likeness (QED) is 0.544. The summed E-state index contributed by atoms with van der Waals surface area (Å²) in [4.78, 5) is 11.7. The van der Waals surface area contributed by atoms with Crippen molar-refractivity contribution in [2.24, 2.45) is 5.73 Å². The number of ether oxygens (including phenoxy) is 2. The maximum absolute atomic E-state index is 11.7. The fourth-order valence-corrected chi connectivity index (χ4v) is 2.74. The van der Waals surface area contributed by atoms with Crippen molar-refractivity contribution in [1.82, 2.24) is 0 Å². The van der Waals surface area contributed by atoms with Gasteiger partial charge in [0.05, 0.1) is 13.2 Å². The fourth-order valence-electron chi connectivity index (χ4n) is 2.74. The molecule has 0 aromatic rings. The van der Waals surface area contributed by atoms with Gasteiger partial charge in [-0.3, -0.25) is 4.79 Å². The van der Waals surface area contributed by atoms with Crippen LogP contribution >= 0.6 is 0 Å². The Balaban J connectivity index is 2.22. The predicted octanol–water partition coefficient (Wildman–Crippen LogP) is 2.79. The Morgan fingerprint density at radius 1 is 1.32 bits per heavy atom. The molecule has 1 aliphatic carbocycles. The molecule has 0 radical (unpaired) electrons. The number of rotatable bonds is 8. The monoisotopic (exact) mass is 271 g/mol. The van der Waals surface area contributed by atoms with Gasteiger partial charge >= 0.3 is 5.97 Å². The lowest BCUT2D eigenvalue weighted by Gasteiger charge is -2.35. The van der Waals surface area contributed by atoms with Gasteiger partial charge in [-0.1, -0.05) is 32.6 Å². The third kappa shape index (κ3) is 5.49. The molecular weight excluding hydrogens is 242 g/mol. The number of unbranched alkanes of at least 4 members (excludes halogenated alkanes) is 4. The Morgan fingerprint density at radius 3 is 2.74 bits per heavy atom. The summed E-state index contributed by atoms with van der Waals surface area (Å²) in [5, 5.41) is 0. The van der Waals surface area contributed by atoms with E-state index in [4.69, 9.17) is 15.2 Å². The summed E-state index contributed by atoms with van der Waals surface area (Å²) in [6.07, 6.45) is 9.53. The number of carbonyl (C=O) groups is 1. The topological polar surface area (TPSA) is 61.5 Å². The van der Waals surface area contributed by atoms with Crippen LogP contribution in [0.15, 0.2) is 0 Å². The maximum Gasteiger partial charge on any atom is 0.325 e. The van der Waals surface area contributed by atoms with E-state index in [1.807, 2.05) is 0 Å². The molecule has 1 fully saturated rings. The molecule has 0 spiro atoms. The highest BCUT2D eigenvalue weighted by atomic mass is 16.5. The summed E-state index contributed by atoms with van der Waals surface area (Å²) in [6, 6.07) is 0. The van der Waals surface area contributed by atoms with Crippen LogP contribution in [-0.2, 0) is 14.3 Å². The van der Waals surface area contributed by atoms with Crippen molar-refractivity contribution in [3.63, 3.8) is 0 Å². The standard InChI is InChI=1S/C15H29NO3/c1-3-4-5-6-7-11-19-13-9-8-10-15(16,12-13)14(17)18-2/h13H,3-12,16H2,1-2H3. The van der Waals surface area contributed by atoms with Gasteiger partial charge in [0.15, 0.2) is 0 Å². The SMILES string of the molecule is CCCCCCCOC1CCCC(N)(C(=O)OC)C1. The first-order valence-electron chi connectivity index (χ1n) is 7.61. The van der Waals surface area contributed by atoms with Crippen molar-refractivity contribution in [2.75, 3.05) is 13.7 Å². The molecule has 1 saturated carbocycles. The highest BCUT2D eigenvalue weighted by Crippen LogP contribution is 2.29. The number of nitrogens with two attached hydrogens (primary N) is 1. The Morgan fingerprint density at radius 2 is 2.05 bits per heavy atom. The summed E-state index contributed by atoms with van der Waals surface area (Å²) in [7, 11) is 1.40. The van der Waals surface area contributed by atoms with E-state index in [-0.39, 0.29) is 12.1 Å². The van der Waals surface area contributed by atoms with Crippen LogP contribution in [0.25, 0.3) is 0 Å². The third-order valence-electron chi connectivity index (χ3n) is 3.93. The van der Waals surface area contributed by atoms with Crippen LogP contribution in [-0.4, -0.2) is 31.3 Å². The number of carbonyl (C=O) groups excluding carboxylic acids is 1. The van der Waals surface area contributed by atoms with E-state index < -0.39 is 5.54 Å². The van der Waals surface area contributed by atoms with E-state index in [2.05, 4.69) is 6.92 Å². The minimum Gasteiger partial charge on any atom is -0.468 e. The molecule has 4 heteroatoms. The molecule has 0 saturated heterocycles. The molecule has 4 nitrogen and oxygen atoms in total. The molecule has 112 valence electrons. The van der Waals surface area contributed by atoms with Crippen molar-refractivity contribution in [2.45, 2.75) is 76.4 Å². The zero-order valence-corrected chi connectivity index (χ0v) is 12.5. The molecule has 1 rings (SSSR count). The van der Waals surface area contributed by atoms with Crippen LogP contribution in [0.5, 0.6) is 0 Å². The number of hydrogen-bond donors (Lipinski definition) is 1. The van der Waals surface area contributed by atoms with Crippen LogP contribution in [0.1, 0.15) is 64.7 Å². The Hall–Kier alpha value is -0.610. The lowest BCUT2D eigenvalue weighted by atomic mass is 9.81. The summed E-state index contributed by atoms with van der Waals surface area (Å²) in [6.45, 7) is 3.00. The fraction of sp³-hybridized carbons (Fsp3) is 0.933. The number of hydrogen-bond acceptors (Lipinski definition) is 4. The van der Waals surface area contributed by atoms with Crippen LogP contribution in [0.2, 0.25) is 0 Å². The second-order valence-corrected chi connectivity index (χ2v) is 5.65. The summed E-state index contributed by atoms with van der Waals surface area (Å²) < 4.78 is 10.7. The summed E-state index contributed by atoms with van der Waals surface area (Å²) in [5.41, 5.74) is 5.29. The molecule has 0 aliphatic heterocycles. The largest absolute Gasteiger partial charge is 0.468 e. The molecule has 0 amide bonds. The molecule has 0 aromatic heterocycles. The first-order valence-corrected chi connectivity index (χ1v) is 7.61. The van der Waals surface area contributed by atoms with Crippen molar-refractivity contribution in [1.29, 1.82) is 0 Å². The van der Waals surface area contributed by atoms with Crippen molar-refractivity contribution < 1.29 is 14.3 Å². The van der Waals surface area contributed by atoms with E-state index in [1.165, 1.54) is 32.8 Å². The molecular formula is C15H29NO3. The Kier molecular flexibility index (Phi) is 7.39. The second-order valence-electron chi connectivity index (χ2n) is 5.65. The Bertz CT molecular complexity index is 270. The van der Waals surface area contributed by atoms with Gasteiger partial charge in [0.1, 0.15) is 5.54 Å². The first kappa shape index (κ1) is 16.4. The van der Waals surface area contributed by atoms with E-state index in [0.717, 1.165) is 25.9 Å². The van der Waals surface area contributed by atoms with Gasteiger partial charge in [-0.2, -0.15) is 0 Å². The molecule has 2 atom stereocenters. The smallest absolute Gasteiger partial charge is 0.325 e. The Labute approximate surface area is 117 Å². The van der Waals surface area contributed by atoms with Gasteiger partial charge in [-0.15, -0.1) is 0 Å². The van der Waals surface area contributed by atoms with Crippen molar-refractivity contribution in [3.8, 4) is 0 Å². The first-order chi connectivity index (χ1) is 9.12. The predicted molar refractivity (Wildman–Crippen MR) is 75.9 cm³/mol. The maximum atomic E-state index is 11.7. The van der Waals surface area contributed by atoms with Crippen LogP contribution < -0.4 is 5.73 Å². The summed E-state index contributed by atoms with van der Waals surface area (Å²) in [5.74, 6) is -0.302. The van der Waals surface area contributed by atoms with Gasteiger partial charge in [0.25, 0.3) is 0 Å². The van der Waals surface area contributed by atoms with E-state index in [1.54, 1.807) is 0 Å². The average molecular weight is 271 g/mol. The minimum atomic E-state index is -0.833. The zero-order valence-electron chi connectivity index (χ0n) is 12.5. The van der Waals surface area contributed by atoms with Crippen LogP contribution in [0.4, 0.5) is 0 Å². The molecule has 0 bridgehead atoms. The van der Waals surface area contributed by atoms with Gasteiger partial charge in [0, 0.05) is 13.0 Å². The molecule has 19 heavy (non-hydrogen) atoms. The van der Waals surface area contributed by atoms with Gasteiger partial charge < -0.3 is 15.2 Å². The zero-order chi connectivity index (χ0) is 14.1. The van der Waals surface area contributed by atoms with E-state index >= 15 is 0 Å². The minimum absolute atomic E-state index is 0.115. The third-order valence-corrected chi connectivity index (χ3v) is 3.93. The van der Waals surface area contributed by atoms with Gasteiger partial charge in [-0.05, 0) is 25.7 Å². The number of esters is 1. The lowest BCUT2D eigenvalue weighted by molar-refractivity contribution is -0.150.